The summed E-state index contributed by atoms with van der Waals surface area (Å²) in [5.41, 5.74) is 9.90. The molecule has 0 bridgehead atoms. The fraction of sp³-hybridized carbons (Fsp3) is 0.0833. The standard InChI is InChI=1S/C13H9.C11H6BrS.2ClH.S.Zr/c1-3-7-12-10(5-1)9-11-6-2-4-8-13(11)12;12-11-6-9-8-4-2-1-3-7(8)5-10(9)13-11;;;;/h1-7H,9H2;1-3,5-6,11H;2*1H;;/q;;;;;+2/p-2. The van der Waals surface area contributed by atoms with E-state index in [9.17, 15) is 0 Å². The molecule has 1 unspecified atom stereocenters. The van der Waals surface area contributed by atoms with Crippen LogP contribution in [-0.2, 0) is 26.1 Å². The van der Waals surface area contributed by atoms with E-state index in [1.807, 2.05) is 11.8 Å². The molecule has 0 fully saturated rings. The van der Waals surface area contributed by atoms with Gasteiger partial charge in [0.2, 0.25) is 0 Å². The first-order valence-electron chi connectivity index (χ1n) is 9.33. The summed E-state index contributed by atoms with van der Waals surface area (Å²) in [5.74, 6) is 0. The SMILES string of the molecule is [Cl-].[Cl-].[S]=[Zr+2]([c]1cccc2c1C1=CC(Br)SC1=C2)[c]1cccc2c1-c1ccccc1C2. The van der Waals surface area contributed by atoms with Gasteiger partial charge in [-0.05, 0) is 0 Å². The number of hydrogen-bond donors (Lipinski definition) is 0. The molecule has 1 heterocycles. The number of benzene rings is 3. The van der Waals surface area contributed by atoms with Crippen LogP contribution in [0, 0.1) is 0 Å². The number of rotatable bonds is 2. The summed E-state index contributed by atoms with van der Waals surface area (Å²) in [6, 6.07) is 22.4. The first-order valence-corrected chi connectivity index (χ1v) is 17.0. The molecule has 3 aromatic carbocycles. The molecule has 6 rings (SSSR count). The number of alkyl halides is 1. The van der Waals surface area contributed by atoms with Crippen LogP contribution in [-0.4, -0.2) is 4.16 Å². The Kier molecular flexibility index (Phi) is 6.76. The zero-order valence-electron chi connectivity index (χ0n) is 15.7. The second-order valence-corrected chi connectivity index (χ2v) is 16.8. The van der Waals surface area contributed by atoms with Crippen molar-refractivity contribution in [3.05, 3.63) is 93.9 Å². The number of halogens is 3. The monoisotopic (exact) mass is 606 g/mol. The van der Waals surface area contributed by atoms with E-state index in [2.05, 4.69) is 88.7 Å². The van der Waals surface area contributed by atoms with Crippen molar-refractivity contribution in [1.82, 2.24) is 0 Å². The van der Waals surface area contributed by atoms with Gasteiger partial charge in [-0.1, -0.05) is 0 Å². The third-order valence-electron chi connectivity index (χ3n) is 5.76. The molecule has 0 saturated heterocycles. The Morgan fingerprint density at radius 2 is 1.57 bits per heavy atom. The average Bonchev–Trinajstić information content (AvgIpc) is 3.36. The zero-order valence-corrected chi connectivity index (χ0v) is 22.9. The van der Waals surface area contributed by atoms with Crippen molar-refractivity contribution in [1.29, 1.82) is 0 Å². The minimum absolute atomic E-state index is 0. The van der Waals surface area contributed by atoms with Crippen molar-refractivity contribution < 1.29 is 44.5 Å². The van der Waals surface area contributed by atoms with Crippen LogP contribution in [0.5, 0.6) is 0 Å². The van der Waals surface area contributed by atoms with Gasteiger partial charge >= 0.3 is 190 Å². The minimum atomic E-state index is -2.46. The molecular weight excluding hydrogens is 594 g/mol. The molecule has 1 aliphatic heterocycles. The maximum absolute atomic E-state index is 6.40. The van der Waals surface area contributed by atoms with Gasteiger partial charge in [0.25, 0.3) is 0 Å². The summed E-state index contributed by atoms with van der Waals surface area (Å²) in [5, 5.41) is 0. The predicted molar refractivity (Wildman–Crippen MR) is 124 cm³/mol. The molecule has 30 heavy (non-hydrogen) atoms. The molecule has 0 N–H and O–H groups in total. The molecule has 1 atom stereocenters. The summed E-state index contributed by atoms with van der Waals surface area (Å²) in [7, 11) is 6.40. The van der Waals surface area contributed by atoms with E-state index in [0.29, 0.717) is 4.16 Å². The van der Waals surface area contributed by atoms with Crippen LogP contribution in [0.4, 0.5) is 0 Å². The first kappa shape index (κ1) is 22.8. The summed E-state index contributed by atoms with van der Waals surface area (Å²) < 4.78 is 3.29. The van der Waals surface area contributed by atoms with Crippen molar-refractivity contribution in [2.75, 3.05) is 0 Å². The second-order valence-electron chi connectivity index (χ2n) is 7.33. The van der Waals surface area contributed by atoms with Gasteiger partial charge in [-0.15, -0.1) is 0 Å². The van der Waals surface area contributed by atoms with Crippen molar-refractivity contribution in [2.24, 2.45) is 0 Å². The van der Waals surface area contributed by atoms with Crippen molar-refractivity contribution >= 4 is 54.7 Å². The Hall–Kier alpha value is -0.347. The Morgan fingerprint density at radius 1 is 0.867 bits per heavy atom. The van der Waals surface area contributed by atoms with Crippen LogP contribution in [0.1, 0.15) is 22.3 Å². The molecular formula is C24H15BrCl2S2Zr. The van der Waals surface area contributed by atoms with Crippen molar-refractivity contribution in [2.45, 2.75) is 10.6 Å². The van der Waals surface area contributed by atoms with Gasteiger partial charge in [0, 0.05) is 0 Å². The van der Waals surface area contributed by atoms with Gasteiger partial charge < -0.3 is 24.8 Å². The second kappa shape index (κ2) is 8.89. The normalized spacial score (nSPS) is 16.6. The molecule has 2 aliphatic carbocycles. The van der Waals surface area contributed by atoms with E-state index in [1.165, 1.54) is 50.4 Å². The quantitative estimate of drug-likeness (QED) is 0.297. The number of thioether (sulfide) groups is 1. The molecule has 0 radical (unpaired) electrons. The number of allylic oxidation sites excluding steroid dienone is 1. The van der Waals surface area contributed by atoms with Crippen LogP contribution in [0.3, 0.4) is 0 Å². The maximum atomic E-state index is 6.40. The Balaban J connectivity index is 0.00000109. The fourth-order valence-electron chi connectivity index (χ4n) is 4.60. The Morgan fingerprint density at radius 3 is 2.40 bits per heavy atom. The molecule has 0 spiro atoms. The van der Waals surface area contributed by atoms with E-state index in [4.69, 9.17) is 8.86 Å². The summed E-state index contributed by atoms with van der Waals surface area (Å²) in [6.07, 6.45) is 5.73. The molecule has 0 saturated carbocycles. The van der Waals surface area contributed by atoms with Crippen LogP contribution >= 0.6 is 36.5 Å². The zero-order chi connectivity index (χ0) is 18.8. The van der Waals surface area contributed by atoms with Crippen LogP contribution in [0.25, 0.3) is 22.8 Å². The molecule has 0 nitrogen and oxygen atoms in total. The summed E-state index contributed by atoms with van der Waals surface area (Å²) in [4.78, 5) is 1.39. The number of hydrogen-bond acceptors (Lipinski definition) is 2. The van der Waals surface area contributed by atoms with Crippen molar-refractivity contribution in [3.63, 3.8) is 0 Å². The predicted octanol–water partition coefficient (Wildman–Crippen LogP) is 0.153. The van der Waals surface area contributed by atoms with E-state index in [0.717, 1.165) is 6.42 Å². The van der Waals surface area contributed by atoms with E-state index < -0.39 is 19.7 Å². The first-order chi connectivity index (χ1) is 13.7. The average molecular weight is 610 g/mol. The number of fused-ring (bicyclic) bond motifs is 6. The summed E-state index contributed by atoms with van der Waals surface area (Å²) >= 11 is 3.18. The third kappa shape index (κ3) is 3.52. The van der Waals surface area contributed by atoms with Crippen LogP contribution < -0.4 is 31.4 Å². The fourth-order valence-corrected chi connectivity index (χ4v) is 12.9. The molecule has 3 aromatic rings. The van der Waals surface area contributed by atoms with E-state index in [-0.39, 0.29) is 24.8 Å². The van der Waals surface area contributed by atoms with Gasteiger partial charge in [0.05, 0.1) is 0 Å². The molecule has 148 valence electrons. The van der Waals surface area contributed by atoms with Crippen LogP contribution in [0.15, 0.2) is 71.6 Å². The molecule has 3 aliphatic rings. The van der Waals surface area contributed by atoms with Gasteiger partial charge in [-0.2, -0.15) is 0 Å². The topological polar surface area (TPSA) is 0 Å². The summed E-state index contributed by atoms with van der Waals surface area (Å²) in [6.45, 7) is 0. The van der Waals surface area contributed by atoms with Crippen LogP contribution in [0.2, 0.25) is 0 Å². The van der Waals surface area contributed by atoms with Gasteiger partial charge in [-0.25, -0.2) is 0 Å². The Bertz CT molecular complexity index is 1270. The van der Waals surface area contributed by atoms with Gasteiger partial charge in [0.15, 0.2) is 0 Å². The molecule has 0 aromatic heterocycles. The molecule has 6 heteroatoms. The molecule has 0 amide bonds. The van der Waals surface area contributed by atoms with E-state index >= 15 is 0 Å². The van der Waals surface area contributed by atoms with E-state index in [1.54, 1.807) is 0 Å². The van der Waals surface area contributed by atoms with Crippen molar-refractivity contribution in [3.8, 4) is 11.1 Å². The Labute approximate surface area is 212 Å². The third-order valence-corrected chi connectivity index (χ3v) is 14.6. The van der Waals surface area contributed by atoms with Gasteiger partial charge in [-0.3, -0.25) is 0 Å². The van der Waals surface area contributed by atoms with Gasteiger partial charge in [0.1, 0.15) is 0 Å².